The van der Waals surface area contributed by atoms with E-state index in [1.165, 1.54) is 24.4 Å². The van der Waals surface area contributed by atoms with Crippen LogP contribution in [0.3, 0.4) is 0 Å². The third kappa shape index (κ3) is 4.26. The number of benzene rings is 2. The summed E-state index contributed by atoms with van der Waals surface area (Å²) in [6.07, 6.45) is -3.62. The number of nitrogens with one attached hydrogen (secondary N) is 1. The zero-order chi connectivity index (χ0) is 31.3. The van der Waals surface area contributed by atoms with Crippen LogP contribution in [-0.4, -0.2) is 31.7 Å². The number of carbonyl (C=O) groups excluding carboxylic acids is 2. The molecule has 2 aromatic carbocycles. The zero-order valence-electron chi connectivity index (χ0n) is 22.4. The number of hydrogen-bond donors (Lipinski definition) is 3. The van der Waals surface area contributed by atoms with E-state index in [1.54, 1.807) is 6.07 Å². The highest BCUT2D eigenvalue weighted by Crippen LogP contribution is 2.90. The van der Waals surface area contributed by atoms with Gasteiger partial charge in [0.05, 0.1) is 23.0 Å². The van der Waals surface area contributed by atoms with Gasteiger partial charge in [0.25, 0.3) is 5.91 Å². The SMILES string of the molecule is NC(=O)c1cc(-c2cccnc2[C@H](Cc2cc(F)cc(F)c2)NC(=O)Cn2nc(C(F)(F)F)c3c2[C@]2(O)C4[C@@H]3[C@H]42)ccc1F. The summed E-state index contributed by atoms with van der Waals surface area (Å²) >= 11 is 0. The van der Waals surface area contributed by atoms with Gasteiger partial charge in [0.1, 0.15) is 29.6 Å². The highest BCUT2D eigenvalue weighted by atomic mass is 19.4. The Labute approximate surface area is 244 Å². The number of aliphatic hydroxyl groups is 1. The van der Waals surface area contributed by atoms with Gasteiger partial charge in [0.2, 0.25) is 5.91 Å². The number of rotatable bonds is 8. The molecule has 1 unspecified atom stereocenters. The molecule has 2 saturated carbocycles. The molecule has 0 saturated heterocycles. The van der Waals surface area contributed by atoms with Crippen molar-refractivity contribution in [3.63, 3.8) is 0 Å². The average Bonchev–Trinajstić information content (AvgIpc) is 3.71. The van der Waals surface area contributed by atoms with Crippen LogP contribution in [0.5, 0.6) is 0 Å². The van der Waals surface area contributed by atoms with Crippen molar-refractivity contribution in [2.24, 2.45) is 17.6 Å². The molecule has 8 nitrogen and oxygen atoms in total. The lowest BCUT2D eigenvalue weighted by Gasteiger charge is -2.22. The van der Waals surface area contributed by atoms with Crippen molar-refractivity contribution in [1.82, 2.24) is 20.1 Å². The van der Waals surface area contributed by atoms with Crippen molar-refractivity contribution >= 4 is 11.8 Å². The Kier molecular flexibility index (Phi) is 5.99. The minimum Gasteiger partial charge on any atom is -0.383 e. The van der Waals surface area contributed by atoms with Crippen LogP contribution in [0, 0.1) is 29.3 Å². The lowest BCUT2D eigenvalue weighted by atomic mass is 9.94. The second-order valence-corrected chi connectivity index (χ2v) is 11.3. The minimum atomic E-state index is -4.79. The summed E-state index contributed by atoms with van der Waals surface area (Å²) < 4.78 is 84.6. The second kappa shape index (κ2) is 9.39. The predicted octanol–water partition coefficient (Wildman–Crippen LogP) is 4.12. The average molecular weight is 614 g/mol. The summed E-state index contributed by atoms with van der Waals surface area (Å²) in [5, 5.41) is 17.2. The number of halogens is 6. The highest BCUT2D eigenvalue weighted by molar-refractivity contribution is 5.94. The van der Waals surface area contributed by atoms with E-state index in [4.69, 9.17) is 5.73 Å². The van der Waals surface area contributed by atoms with E-state index < -0.39 is 70.8 Å². The normalized spacial score (nSPS) is 23.1. The Morgan fingerprint density at radius 1 is 1.07 bits per heavy atom. The fourth-order valence-electron chi connectivity index (χ4n) is 6.76. The molecule has 2 amide bonds. The van der Waals surface area contributed by atoms with Gasteiger partial charge in [-0.2, -0.15) is 18.3 Å². The van der Waals surface area contributed by atoms with E-state index in [9.17, 15) is 41.0 Å². The Balaban J connectivity index is 1.25. The molecular formula is C30H21F6N5O3. The fraction of sp³-hybridized carbons (Fsp3) is 0.267. The van der Waals surface area contributed by atoms with Gasteiger partial charge >= 0.3 is 6.18 Å². The molecule has 5 atom stereocenters. The second-order valence-electron chi connectivity index (χ2n) is 11.3. The van der Waals surface area contributed by atoms with Crippen LogP contribution in [0.4, 0.5) is 26.3 Å². The third-order valence-corrected chi connectivity index (χ3v) is 8.60. The van der Waals surface area contributed by atoms with Crippen LogP contribution in [-0.2, 0) is 29.5 Å². The van der Waals surface area contributed by atoms with E-state index in [0.717, 1.165) is 22.9 Å². The van der Waals surface area contributed by atoms with Crippen LogP contribution in [0.15, 0.2) is 54.7 Å². The van der Waals surface area contributed by atoms with Crippen LogP contribution < -0.4 is 11.1 Å². The van der Waals surface area contributed by atoms with Crippen molar-refractivity contribution in [3.8, 4) is 11.1 Å². The molecule has 4 aliphatic rings. The number of carbonyl (C=O) groups is 2. The molecule has 2 heterocycles. The van der Waals surface area contributed by atoms with E-state index in [0.29, 0.717) is 11.6 Å². The Morgan fingerprint density at radius 2 is 1.77 bits per heavy atom. The molecule has 4 aromatic rings. The van der Waals surface area contributed by atoms with Gasteiger partial charge in [0.15, 0.2) is 5.69 Å². The number of nitrogens with zero attached hydrogens (tertiary/aromatic N) is 3. The van der Waals surface area contributed by atoms with Crippen molar-refractivity contribution in [2.75, 3.05) is 0 Å². The third-order valence-electron chi connectivity index (χ3n) is 8.60. The molecule has 0 spiro atoms. The quantitative estimate of drug-likeness (QED) is 0.258. The Hall–Kier alpha value is -4.72. The van der Waals surface area contributed by atoms with Crippen LogP contribution >= 0.6 is 0 Å². The predicted molar refractivity (Wildman–Crippen MR) is 140 cm³/mol. The summed E-state index contributed by atoms with van der Waals surface area (Å²) in [5.41, 5.74) is 3.10. The molecule has 8 rings (SSSR count). The van der Waals surface area contributed by atoms with Crippen LogP contribution in [0.1, 0.15) is 50.5 Å². The van der Waals surface area contributed by atoms with Crippen molar-refractivity contribution in [1.29, 1.82) is 0 Å². The van der Waals surface area contributed by atoms with Crippen molar-refractivity contribution in [3.05, 3.63) is 106 Å². The summed E-state index contributed by atoms with van der Waals surface area (Å²) in [7, 11) is 0. The van der Waals surface area contributed by atoms with E-state index >= 15 is 0 Å². The number of hydrogen-bond acceptors (Lipinski definition) is 5. The number of primary amides is 1. The lowest BCUT2D eigenvalue weighted by Crippen LogP contribution is -2.35. The van der Waals surface area contributed by atoms with E-state index in [1.807, 2.05) is 0 Å². The molecule has 2 fully saturated rings. The molecule has 44 heavy (non-hydrogen) atoms. The summed E-state index contributed by atoms with van der Waals surface area (Å²) in [5.74, 6) is -5.51. The van der Waals surface area contributed by atoms with Gasteiger partial charge in [-0.05, 0) is 47.9 Å². The van der Waals surface area contributed by atoms with Gasteiger partial charge in [0, 0.05) is 41.1 Å². The Bertz CT molecular complexity index is 1860. The summed E-state index contributed by atoms with van der Waals surface area (Å²) in [6, 6.07) is 8.32. The van der Waals surface area contributed by atoms with Gasteiger partial charge < -0.3 is 16.2 Å². The Morgan fingerprint density at radius 3 is 2.43 bits per heavy atom. The molecule has 4 aliphatic carbocycles. The number of pyridine rings is 1. The first kappa shape index (κ1) is 28.1. The minimum absolute atomic E-state index is 0.0208. The number of aromatic nitrogens is 3. The number of alkyl halides is 3. The topological polar surface area (TPSA) is 123 Å². The number of amides is 2. The first-order valence-electron chi connectivity index (χ1n) is 13.5. The molecule has 14 heteroatoms. The standard InChI is InChI=1S/C30H21F6N5O3/c31-14-6-12(7-15(32)10-14)8-19(25-16(2-1-5-38-25)13-3-4-18(33)17(9-13)28(37)43)39-20(42)11-41-27-22(26(40-41)30(34,35)36)21-23-24(21)29(23,27)44/h1-7,9-10,19,21,23-24,44H,8,11H2,(H2,37,43)(H,39,42)/t19-,21-,23+,24?,29+/m0/s1. The van der Waals surface area contributed by atoms with Gasteiger partial charge in [-0.15, -0.1) is 0 Å². The molecule has 2 bridgehead atoms. The molecular weight excluding hydrogens is 592 g/mol. The largest absolute Gasteiger partial charge is 0.435 e. The molecule has 4 N–H and O–H groups in total. The molecule has 0 aliphatic heterocycles. The van der Waals surface area contributed by atoms with E-state index in [2.05, 4.69) is 15.4 Å². The van der Waals surface area contributed by atoms with Crippen LogP contribution in [0.2, 0.25) is 0 Å². The summed E-state index contributed by atoms with van der Waals surface area (Å²) in [4.78, 5) is 29.6. The van der Waals surface area contributed by atoms with Crippen molar-refractivity contribution in [2.45, 2.75) is 36.7 Å². The maximum Gasteiger partial charge on any atom is 0.435 e. The smallest absolute Gasteiger partial charge is 0.383 e. The fourth-order valence-corrected chi connectivity index (χ4v) is 6.76. The number of nitrogens with two attached hydrogens (primary N) is 1. The maximum absolute atomic E-state index is 14.2. The van der Waals surface area contributed by atoms with Crippen molar-refractivity contribution < 1.29 is 41.0 Å². The van der Waals surface area contributed by atoms with Gasteiger partial charge in [-0.3, -0.25) is 19.3 Å². The molecule has 226 valence electrons. The highest BCUT2D eigenvalue weighted by Gasteiger charge is 2.92. The zero-order valence-corrected chi connectivity index (χ0v) is 22.4. The summed E-state index contributed by atoms with van der Waals surface area (Å²) in [6.45, 7) is -0.689. The van der Waals surface area contributed by atoms with Gasteiger partial charge in [-0.1, -0.05) is 12.1 Å². The maximum atomic E-state index is 14.2. The molecule has 0 radical (unpaired) electrons. The first-order chi connectivity index (χ1) is 20.8. The monoisotopic (exact) mass is 613 g/mol. The molecule has 2 aromatic heterocycles. The van der Waals surface area contributed by atoms with Gasteiger partial charge in [-0.25, -0.2) is 13.2 Å². The lowest BCUT2D eigenvalue weighted by molar-refractivity contribution is -0.142. The van der Waals surface area contributed by atoms with E-state index in [-0.39, 0.29) is 46.3 Å². The first-order valence-corrected chi connectivity index (χ1v) is 13.5. The van der Waals surface area contributed by atoms with Crippen LogP contribution in [0.25, 0.3) is 11.1 Å².